The molecule has 0 atom stereocenters. The molecular formula is C18H18N2O7. The van der Waals surface area contributed by atoms with Crippen LogP contribution in [0, 0.1) is 0 Å². The summed E-state index contributed by atoms with van der Waals surface area (Å²) in [6, 6.07) is 6.44. The summed E-state index contributed by atoms with van der Waals surface area (Å²) in [4.78, 5) is 50.6. The third-order valence-electron chi connectivity index (χ3n) is 4.30. The van der Waals surface area contributed by atoms with Crippen molar-refractivity contribution in [2.75, 3.05) is 37.4 Å². The van der Waals surface area contributed by atoms with Crippen LogP contribution >= 0.6 is 0 Å². The van der Waals surface area contributed by atoms with Crippen LogP contribution in [-0.4, -0.2) is 51.3 Å². The monoisotopic (exact) mass is 374 g/mol. The van der Waals surface area contributed by atoms with Gasteiger partial charge in [-0.05, 0) is 24.3 Å². The second kappa shape index (κ2) is 7.58. The molecule has 142 valence electrons. The lowest BCUT2D eigenvalue weighted by Crippen LogP contribution is -2.38. The highest BCUT2D eigenvalue weighted by atomic mass is 16.5. The molecule has 0 N–H and O–H groups in total. The molecule has 2 heterocycles. The van der Waals surface area contributed by atoms with E-state index in [9.17, 15) is 19.2 Å². The normalized spacial score (nSPS) is 17.4. The van der Waals surface area contributed by atoms with Crippen LogP contribution in [0.15, 0.2) is 35.5 Å². The van der Waals surface area contributed by atoms with E-state index in [1.54, 1.807) is 24.3 Å². The van der Waals surface area contributed by atoms with Crippen LogP contribution in [-0.2, 0) is 33.4 Å². The topological polar surface area (TPSA) is 102 Å². The zero-order valence-corrected chi connectivity index (χ0v) is 14.9. The zero-order chi connectivity index (χ0) is 19.6. The van der Waals surface area contributed by atoms with E-state index in [4.69, 9.17) is 14.2 Å². The number of hydrogen-bond acceptors (Lipinski definition) is 8. The molecule has 0 saturated carbocycles. The molecule has 0 bridgehead atoms. The molecule has 1 aromatic carbocycles. The molecule has 1 aromatic rings. The van der Waals surface area contributed by atoms with E-state index >= 15 is 0 Å². The van der Waals surface area contributed by atoms with E-state index in [1.165, 1.54) is 19.1 Å². The summed E-state index contributed by atoms with van der Waals surface area (Å²) >= 11 is 0. The highest BCUT2D eigenvalue weighted by Gasteiger charge is 2.33. The van der Waals surface area contributed by atoms with Gasteiger partial charge < -0.3 is 19.1 Å². The van der Waals surface area contributed by atoms with E-state index in [-0.39, 0.29) is 49.3 Å². The van der Waals surface area contributed by atoms with Gasteiger partial charge in [-0.25, -0.2) is 9.59 Å². The molecule has 0 aromatic heterocycles. The molecule has 0 radical (unpaired) electrons. The number of esters is 2. The second-order valence-corrected chi connectivity index (χ2v) is 5.86. The lowest BCUT2D eigenvalue weighted by Gasteiger charge is -2.31. The minimum atomic E-state index is -0.701. The minimum Gasteiger partial charge on any atom is -0.466 e. The summed E-state index contributed by atoms with van der Waals surface area (Å²) in [6.45, 7) is -0.0612. The van der Waals surface area contributed by atoms with E-state index in [0.29, 0.717) is 11.4 Å². The number of rotatable bonds is 4. The Kier molecular flexibility index (Phi) is 5.22. The van der Waals surface area contributed by atoms with Crippen LogP contribution in [0.3, 0.4) is 0 Å². The molecular weight excluding hydrogens is 356 g/mol. The van der Waals surface area contributed by atoms with E-state index in [2.05, 4.69) is 0 Å². The standard InChI is InChI=1S/C18H18N2O7/c1-25-17(23)13-9-27-10-19(16(13)18(24)26-2)11-3-5-12(6-4-11)20-14(21)7-8-15(20)22/h3-6H,7-10H2,1-2H3. The quantitative estimate of drug-likeness (QED) is 0.562. The maximum absolute atomic E-state index is 12.3. The molecule has 1 fully saturated rings. The number of anilines is 2. The van der Waals surface area contributed by atoms with Crippen molar-refractivity contribution in [1.29, 1.82) is 0 Å². The first-order chi connectivity index (χ1) is 13.0. The summed E-state index contributed by atoms with van der Waals surface area (Å²) in [7, 11) is 2.42. The number of benzene rings is 1. The van der Waals surface area contributed by atoms with Gasteiger partial charge in [-0.3, -0.25) is 14.5 Å². The van der Waals surface area contributed by atoms with Gasteiger partial charge in [0.1, 0.15) is 12.4 Å². The summed E-state index contributed by atoms with van der Waals surface area (Å²) in [5.41, 5.74) is 1.04. The van der Waals surface area contributed by atoms with E-state index in [0.717, 1.165) is 4.90 Å². The van der Waals surface area contributed by atoms with Crippen molar-refractivity contribution in [2.45, 2.75) is 12.8 Å². The lowest BCUT2D eigenvalue weighted by atomic mass is 10.1. The SMILES string of the molecule is COC(=O)C1=C(C(=O)OC)N(c2ccc(N3C(=O)CCC3=O)cc2)COC1. The fourth-order valence-electron chi connectivity index (χ4n) is 2.99. The third-order valence-corrected chi connectivity index (χ3v) is 4.30. The number of nitrogens with zero attached hydrogens (tertiary/aromatic N) is 2. The fraction of sp³-hybridized carbons (Fsp3) is 0.333. The number of hydrogen-bond donors (Lipinski definition) is 0. The van der Waals surface area contributed by atoms with Crippen molar-refractivity contribution in [2.24, 2.45) is 0 Å². The average Bonchev–Trinajstić information content (AvgIpc) is 3.04. The molecule has 27 heavy (non-hydrogen) atoms. The summed E-state index contributed by atoms with van der Waals surface area (Å²) in [5, 5.41) is 0. The summed E-state index contributed by atoms with van der Waals surface area (Å²) in [6.07, 6.45) is 0.385. The minimum absolute atomic E-state index is 0.0197. The van der Waals surface area contributed by atoms with Crippen molar-refractivity contribution < 1.29 is 33.4 Å². The third kappa shape index (κ3) is 3.41. The summed E-state index contributed by atoms with van der Waals surface area (Å²) in [5.74, 6) is -1.90. The molecule has 1 saturated heterocycles. The maximum atomic E-state index is 12.3. The van der Waals surface area contributed by atoms with Crippen LogP contribution < -0.4 is 9.80 Å². The van der Waals surface area contributed by atoms with Crippen LogP contribution in [0.5, 0.6) is 0 Å². The van der Waals surface area contributed by atoms with Crippen LogP contribution in [0.4, 0.5) is 11.4 Å². The Morgan fingerprint density at radius 2 is 1.48 bits per heavy atom. The van der Waals surface area contributed by atoms with Crippen molar-refractivity contribution in [1.82, 2.24) is 0 Å². The largest absolute Gasteiger partial charge is 0.466 e. The number of methoxy groups -OCH3 is 2. The van der Waals surface area contributed by atoms with Gasteiger partial charge in [0, 0.05) is 18.5 Å². The van der Waals surface area contributed by atoms with Gasteiger partial charge >= 0.3 is 11.9 Å². The predicted molar refractivity (Wildman–Crippen MR) is 92.5 cm³/mol. The molecule has 0 aliphatic carbocycles. The molecule has 2 aliphatic heterocycles. The number of carbonyl (C=O) groups is 4. The molecule has 9 heteroatoms. The first-order valence-electron chi connectivity index (χ1n) is 8.18. The Morgan fingerprint density at radius 3 is 2.04 bits per heavy atom. The fourth-order valence-corrected chi connectivity index (χ4v) is 2.99. The van der Waals surface area contributed by atoms with Crippen LogP contribution in [0.2, 0.25) is 0 Å². The molecule has 2 aliphatic rings. The zero-order valence-electron chi connectivity index (χ0n) is 14.9. The van der Waals surface area contributed by atoms with Crippen molar-refractivity contribution in [3.05, 3.63) is 35.5 Å². The van der Waals surface area contributed by atoms with Gasteiger partial charge in [-0.15, -0.1) is 0 Å². The maximum Gasteiger partial charge on any atom is 0.355 e. The van der Waals surface area contributed by atoms with Crippen molar-refractivity contribution in [3.8, 4) is 0 Å². The van der Waals surface area contributed by atoms with Gasteiger partial charge in [0.05, 0.1) is 32.1 Å². The number of imide groups is 1. The predicted octanol–water partition coefficient (Wildman–Crippen LogP) is 0.734. The molecule has 3 rings (SSSR count). The highest BCUT2D eigenvalue weighted by Crippen LogP contribution is 2.30. The Morgan fingerprint density at radius 1 is 0.926 bits per heavy atom. The second-order valence-electron chi connectivity index (χ2n) is 5.86. The molecule has 9 nitrogen and oxygen atoms in total. The molecule has 0 spiro atoms. The Bertz CT molecular complexity index is 813. The van der Waals surface area contributed by atoms with E-state index < -0.39 is 11.9 Å². The van der Waals surface area contributed by atoms with Gasteiger partial charge in [0.2, 0.25) is 11.8 Å². The smallest absolute Gasteiger partial charge is 0.355 e. The first-order valence-corrected chi connectivity index (χ1v) is 8.18. The van der Waals surface area contributed by atoms with Crippen molar-refractivity contribution >= 4 is 35.1 Å². The Labute approximate surface area is 155 Å². The molecule has 2 amide bonds. The first kappa shape index (κ1) is 18.6. The lowest BCUT2D eigenvalue weighted by molar-refractivity contribution is -0.140. The van der Waals surface area contributed by atoms with Gasteiger partial charge in [-0.2, -0.15) is 0 Å². The number of carbonyl (C=O) groups excluding carboxylic acids is 4. The Hall–Kier alpha value is -3.20. The van der Waals surface area contributed by atoms with E-state index in [1.807, 2.05) is 0 Å². The Balaban J connectivity index is 1.96. The van der Waals surface area contributed by atoms with Crippen LogP contribution in [0.1, 0.15) is 12.8 Å². The van der Waals surface area contributed by atoms with Gasteiger partial charge in [0.15, 0.2) is 0 Å². The average molecular weight is 374 g/mol. The van der Waals surface area contributed by atoms with Crippen molar-refractivity contribution in [3.63, 3.8) is 0 Å². The number of ether oxygens (including phenoxy) is 3. The van der Waals surface area contributed by atoms with Gasteiger partial charge in [-0.1, -0.05) is 0 Å². The number of amides is 2. The molecule has 0 unspecified atom stereocenters. The van der Waals surface area contributed by atoms with Crippen LogP contribution in [0.25, 0.3) is 0 Å². The summed E-state index contributed by atoms with van der Waals surface area (Å²) < 4.78 is 14.9. The highest BCUT2D eigenvalue weighted by molar-refractivity contribution is 6.19. The van der Waals surface area contributed by atoms with Gasteiger partial charge in [0.25, 0.3) is 0 Å².